The molecular formula is C16H20N4O. The van der Waals surface area contributed by atoms with Crippen LogP contribution in [-0.4, -0.2) is 39.7 Å². The second kappa shape index (κ2) is 5.33. The normalized spacial score (nSPS) is 18.2. The first-order valence-corrected chi connectivity index (χ1v) is 7.24. The van der Waals surface area contributed by atoms with Crippen LogP contribution in [0.5, 0.6) is 0 Å². The quantitative estimate of drug-likeness (QED) is 0.912. The Morgan fingerprint density at radius 1 is 1.29 bits per heavy atom. The van der Waals surface area contributed by atoms with E-state index in [1.165, 1.54) is 0 Å². The molecule has 1 fully saturated rings. The Hall–Kier alpha value is -2.14. The van der Waals surface area contributed by atoms with Crippen molar-refractivity contribution >= 4 is 5.91 Å². The van der Waals surface area contributed by atoms with Crippen molar-refractivity contribution in [1.29, 1.82) is 0 Å². The third kappa shape index (κ3) is 2.45. The van der Waals surface area contributed by atoms with Crippen LogP contribution in [0, 0.1) is 13.8 Å². The lowest BCUT2D eigenvalue weighted by molar-refractivity contribution is 0.0789. The van der Waals surface area contributed by atoms with Gasteiger partial charge in [0.05, 0.1) is 22.6 Å². The Bertz CT molecular complexity index is 662. The minimum absolute atomic E-state index is 0.0418. The smallest absolute Gasteiger partial charge is 0.257 e. The summed E-state index contributed by atoms with van der Waals surface area (Å²) in [6.45, 7) is 5.19. The van der Waals surface area contributed by atoms with E-state index >= 15 is 0 Å². The van der Waals surface area contributed by atoms with E-state index in [1.807, 2.05) is 53.8 Å². The highest BCUT2D eigenvalue weighted by molar-refractivity contribution is 5.96. The second-order valence-electron chi connectivity index (χ2n) is 5.59. The van der Waals surface area contributed by atoms with Crippen LogP contribution in [0.1, 0.15) is 28.2 Å². The largest absolute Gasteiger partial charge is 0.337 e. The summed E-state index contributed by atoms with van der Waals surface area (Å²) in [4.78, 5) is 14.5. The summed E-state index contributed by atoms with van der Waals surface area (Å²) in [5.74, 6) is 0.0418. The monoisotopic (exact) mass is 284 g/mol. The molecule has 5 heteroatoms. The number of benzene rings is 1. The molecule has 2 aromatic rings. The fourth-order valence-electron chi connectivity index (χ4n) is 2.90. The van der Waals surface area contributed by atoms with E-state index in [1.54, 1.807) is 0 Å². The Kier molecular flexibility index (Phi) is 3.51. The number of carbonyl (C=O) groups excluding carboxylic acids is 1. The van der Waals surface area contributed by atoms with Crippen LogP contribution in [0.3, 0.4) is 0 Å². The van der Waals surface area contributed by atoms with Gasteiger partial charge in [-0.05, 0) is 32.4 Å². The van der Waals surface area contributed by atoms with E-state index < -0.39 is 0 Å². The summed E-state index contributed by atoms with van der Waals surface area (Å²) >= 11 is 0. The summed E-state index contributed by atoms with van der Waals surface area (Å²) in [6, 6.07) is 9.96. The summed E-state index contributed by atoms with van der Waals surface area (Å²) in [7, 11) is 0. The fraction of sp³-hybridized carbons (Fsp3) is 0.375. The standard InChI is InChI=1S/C16H20N4O/c1-11-15(16(21)19-9-8-13(17)10-19)12(2)20(18-11)14-6-4-3-5-7-14/h3-7,13H,8-10,17H2,1-2H3/t13-/m1/s1. The molecule has 0 radical (unpaired) electrons. The Balaban J connectivity index is 1.97. The minimum Gasteiger partial charge on any atom is -0.337 e. The van der Waals surface area contributed by atoms with Crippen molar-refractivity contribution < 1.29 is 4.79 Å². The van der Waals surface area contributed by atoms with Crippen LogP contribution in [0.15, 0.2) is 30.3 Å². The highest BCUT2D eigenvalue weighted by atomic mass is 16.2. The SMILES string of the molecule is Cc1nn(-c2ccccc2)c(C)c1C(=O)N1CC[C@@H](N)C1. The molecule has 0 aliphatic carbocycles. The van der Waals surface area contributed by atoms with Crippen molar-refractivity contribution in [2.75, 3.05) is 13.1 Å². The van der Waals surface area contributed by atoms with Gasteiger partial charge in [-0.25, -0.2) is 4.68 Å². The lowest BCUT2D eigenvalue weighted by Crippen LogP contribution is -2.32. The number of para-hydroxylation sites is 1. The molecule has 0 spiro atoms. The number of aryl methyl sites for hydroxylation is 1. The molecule has 1 aliphatic rings. The number of aromatic nitrogens is 2. The number of nitrogens with two attached hydrogens (primary N) is 1. The van der Waals surface area contributed by atoms with Crippen LogP contribution in [0.4, 0.5) is 0 Å². The Labute approximate surface area is 124 Å². The van der Waals surface area contributed by atoms with Gasteiger partial charge in [0, 0.05) is 19.1 Å². The van der Waals surface area contributed by atoms with Gasteiger partial charge in [-0.1, -0.05) is 18.2 Å². The third-order valence-electron chi connectivity index (χ3n) is 4.02. The second-order valence-corrected chi connectivity index (χ2v) is 5.59. The molecule has 21 heavy (non-hydrogen) atoms. The lowest BCUT2D eigenvalue weighted by atomic mass is 10.1. The average molecular weight is 284 g/mol. The Morgan fingerprint density at radius 2 is 2.00 bits per heavy atom. The van der Waals surface area contributed by atoms with Gasteiger partial charge in [0.2, 0.25) is 0 Å². The van der Waals surface area contributed by atoms with Crippen LogP contribution in [-0.2, 0) is 0 Å². The number of rotatable bonds is 2. The number of amides is 1. The van der Waals surface area contributed by atoms with Crippen molar-refractivity contribution in [1.82, 2.24) is 14.7 Å². The van der Waals surface area contributed by atoms with Gasteiger partial charge in [-0.3, -0.25) is 4.79 Å². The first-order chi connectivity index (χ1) is 10.1. The highest BCUT2D eigenvalue weighted by Gasteiger charge is 2.28. The summed E-state index contributed by atoms with van der Waals surface area (Å²) in [5.41, 5.74) is 9.21. The first kappa shape index (κ1) is 13.8. The van der Waals surface area contributed by atoms with E-state index in [4.69, 9.17) is 5.73 Å². The summed E-state index contributed by atoms with van der Waals surface area (Å²) in [6.07, 6.45) is 0.872. The molecule has 5 nitrogen and oxygen atoms in total. The van der Waals surface area contributed by atoms with E-state index in [2.05, 4.69) is 5.10 Å². The molecule has 1 aromatic carbocycles. The number of hydrogen-bond donors (Lipinski definition) is 1. The molecule has 0 unspecified atom stereocenters. The molecular weight excluding hydrogens is 264 g/mol. The molecule has 1 aromatic heterocycles. The number of likely N-dealkylation sites (tertiary alicyclic amines) is 1. The maximum atomic E-state index is 12.7. The van der Waals surface area contributed by atoms with Gasteiger partial charge in [0.1, 0.15) is 0 Å². The van der Waals surface area contributed by atoms with Crippen molar-refractivity contribution in [3.63, 3.8) is 0 Å². The van der Waals surface area contributed by atoms with Crippen LogP contribution in [0.25, 0.3) is 5.69 Å². The molecule has 1 aliphatic heterocycles. The molecule has 2 heterocycles. The van der Waals surface area contributed by atoms with Crippen LogP contribution < -0.4 is 5.73 Å². The van der Waals surface area contributed by atoms with Gasteiger partial charge in [-0.2, -0.15) is 5.10 Å². The molecule has 1 atom stereocenters. The third-order valence-corrected chi connectivity index (χ3v) is 4.02. The van der Waals surface area contributed by atoms with E-state index in [0.717, 1.165) is 30.0 Å². The topological polar surface area (TPSA) is 64.2 Å². The first-order valence-electron chi connectivity index (χ1n) is 7.24. The number of hydrogen-bond acceptors (Lipinski definition) is 3. The molecule has 0 saturated carbocycles. The predicted octanol–water partition coefficient (Wildman–Crippen LogP) is 1.66. The zero-order valence-electron chi connectivity index (χ0n) is 12.4. The van der Waals surface area contributed by atoms with Gasteiger partial charge >= 0.3 is 0 Å². The van der Waals surface area contributed by atoms with Gasteiger partial charge < -0.3 is 10.6 Å². The predicted molar refractivity (Wildman–Crippen MR) is 81.5 cm³/mol. The zero-order valence-corrected chi connectivity index (χ0v) is 12.4. The van der Waals surface area contributed by atoms with Gasteiger partial charge in [0.15, 0.2) is 0 Å². The molecule has 1 amide bonds. The molecule has 3 rings (SSSR count). The molecule has 0 bridgehead atoms. The summed E-state index contributed by atoms with van der Waals surface area (Å²) in [5, 5.41) is 4.53. The lowest BCUT2D eigenvalue weighted by Gasteiger charge is -2.16. The van der Waals surface area contributed by atoms with Crippen LogP contribution >= 0.6 is 0 Å². The van der Waals surface area contributed by atoms with Gasteiger partial charge in [0.25, 0.3) is 5.91 Å². The maximum absolute atomic E-state index is 12.7. The molecule has 2 N–H and O–H groups in total. The summed E-state index contributed by atoms with van der Waals surface area (Å²) < 4.78 is 1.83. The molecule has 110 valence electrons. The van der Waals surface area contributed by atoms with Crippen molar-refractivity contribution in [2.24, 2.45) is 5.73 Å². The fourth-order valence-corrected chi connectivity index (χ4v) is 2.90. The van der Waals surface area contributed by atoms with E-state index in [9.17, 15) is 4.79 Å². The number of carbonyl (C=O) groups is 1. The zero-order chi connectivity index (χ0) is 15.0. The average Bonchev–Trinajstić information content (AvgIpc) is 3.03. The van der Waals surface area contributed by atoms with Crippen molar-refractivity contribution in [2.45, 2.75) is 26.3 Å². The molecule has 1 saturated heterocycles. The van der Waals surface area contributed by atoms with Crippen molar-refractivity contribution in [3.05, 3.63) is 47.3 Å². The Morgan fingerprint density at radius 3 is 2.62 bits per heavy atom. The van der Waals surface area contributed by atoms with Crippen LogP contribution in [0.2, 0.25) is 0 Å². The minimum atomic E-state index is 0.0418. The number of nitrogens with zero attached hydrogens (tertiary/aromatic N) is 3. The van der Waals surface area contributed by atoms with E-state index in [-0.39, 0.29) is 11.9 Å². The highest BCUT2D eigenvalue weighted by Crippen LogP contribution is 2.21. The van der Waals surface area contributed by atoms with E-state index in [0.29, 0.717) is 12.1 Å². The van der Waals surface area contributed by atoms with Crippen molar-refractivity contribution in [3.8, 4) is 5.69 Å². The maximum Gasteiger partial charge on any atom is 0.257 e. The van der Waals surface area contributed by atoms with Gasteiger partial charge in [-0.15, -0.1) is 0 Å².